The van der Waals surface area contributed by atoms with E-state index in [9.17, 15) is 5.11 Å². The van der Waals surface area contributed by atoms with Crippen molar-refractivity contribution in [1.29, 1.82) is 0 Å². The Kier molecular flexibility index (Phi) is 4.24. The first-order chi connectivity index (χ1) is 8.66. The van der Waals surface area contributed by atoms with Crippen LogP contribution in [-0.2, 0) is 13.1 Å². The Hall–Kier alpha value is -1.51. The molecular formula is C15H16ClNO. The van der Waals surface area contributed by atoms with Gasteiger partial charge in [0.2, 0.25) is 0 Å². The van der Waals surface area contributed by atoms with Crippen molar-refractivity contribution in [1.82, 2.24) is 5.32 Å². The average Bonchev–Trinajstić information content (AvgIpc) is 2.36. The zero-order valence-electron chi connectivity index (χ0n) is 10.3. The van der Waals surface area contributed by atoms with Gasteiger partial charge in [-0.3, -0.25) is 0 Å². The van der Waals surface area contributed by atoms with E-state index in [1.165, 1.54) is 0 Å². The largest absolute Gasteiger partial charge is 0.508 e. The summed E-state index contributed by atoms with van der Waals surface area (Å²) in [6.07, 6.45) is 0. The molecule has 0 aromatic heterocycles. The topological polar surface area (TPSA) is 32.3 Å². The second-order valence-electron chi connectivity index (χ2n) is 4.33. The zero-order valence-corrected chi connectivity index (χ0v) is 11.0. The van der Waals surface area contributed by atoms with Crippen molar-refractivity contribution in [2.24, 2.45) is 0 Å². The van der Waals surface area contributed by atoms with E-state index in [4.69, 9.17) is 11.6 Å². The number of halogens is 1. The second-order valence-corrected chi connectivity index (χ2v) is 4.73. The Labute approximate surface area is 112 Å². The molecule has 0 atom stereocenters. The summed E-state index contributed by atoms with van der Waals surface area (Å²) in [5.41, 5.74) is 3.11. The highest BCUT2D eigenvalue weighted by molar-refractivity contribution is 6.31. The summed E-state index contributed by atoms with van der Waals surface area (Å²) in [5, 5.41) is 13.8. The van der Waals surface area contributed by atoms with Gasteiger partial charge in [-0.25, -0.2) is 0 Å². The fourth-order valence-corrected chi connectivity index (χ4v) is 2.03. The first-order valence-corrected chi connectivity index (χ1v) is 6.27. The quantitative estimate of drug-likeness (QED) is 0.881. The van der Waals surface area contributed by atoms with E-state index in [2.05, 4.69) is 5.32 Å². The van der Waals surface area contributed by atoms with Crippen molar-refractivity contribution >= 4 is 11.6 Å². The summed E-state index contributed by atoms with van der Waals surface area (Å²) in [5.74, 6) is 0.326. The highest BCUT2D eigenvalue weighted by atomic mass is 35.5. The number of aryl methyl sites for hydroxylation is 1. The third-order valence-corrected chi connectivity index (χ3v) is 3.19. The lowest BCUT2D eigenvalue weighted by Crippen LogP contribution is -2.13. The predicted octanol–water partition coefficient (Wildman–Crippen LogP) is 3.64. The molecule has 2 N–H and O–H groups in total. The number of phenolic OH excluding ortho intramolecular Hbond substituents is 1. The lowest BCUT2D eigenvalue weighted by Gasteiger charge is -2.09. The fourth-order valence-electron chi connectivity index (χ4n) is 1.83. The standard InChI is InChI=1S/C15H16ClNO/c1-11-6-7-15(18)13(8-11)10-17-9-12-4-2-3-5-14(12)16/h2-8,17-18H,9-10H2,1H3. The minimum atomic E-state index is 0.326. The van der Waals surface area contributed by atoms with E-state index >= 15 is 0 Å². The van der Waals surface area contributed by atoms with Crippen LogP contribution >= 0.6 is 11.6 Å². The van der Waals surface area contributed by atoms with Gasteiger partial charge in [0.15, 0.2) is 0 Å². The molecule has 2 aromatic carbocycles. The van der Waals surface area contributed by atoms with Crippen LogP contribution in [0.15, 0.2) is 42.5 Å². The smallest absolute Gasteiger partial charge is 0.120 e. The number of aromatic hydroxyl groups is 1. The summed E-state index contributed by atoms with van der Waals surface area (Å²) in [6.45, 7) is 3.32. The molecule has 0 bridgehead atoms. The van der Waals surface area contributed by atoms with Gasteiger partial charge in [0.05, 0.1) is 0 Å². The number of phenols is 1. The van der Waals surface area contributed by atoms with Crippen molar-refractivity contribution < 1.29 is 5.11 Å². The first-order valence-electron chi connectivity index (χ1n) is 5.89. The Bertz CT molecular complexity index is 540. The van der Waals surface area contributed by atoms with Crippen LogP contribution in [0.4, 0.5) is 0 Å². The zero-order chi connectivity index (χ0) is 13.0. The van der Waals surface area contributed by atoms with Gasteiger partial charge in [0.1, 0.15) is 5.75 Å². The van der Waals surface area contributed by atoms with E-state index in [1.54, 1.807) is 6.07 Å². The molecule has 2 aromatic rings. The van der Waals surface area contributed by atoms with Crippen LogP contribution in [0.3, 0.4) is 0 Å². The molecule has 0 saturated heterocycles. The Morgan fingerprint density at radius 2 is 1.78 bits per heavy atom. The summed E-state index contributed by atoms with van der Waals surface area (Å²) in [6, 6.07) is 13.4. The molecule has 18 heavy (non-hydrogen) atoms. The number of nitrogens with one attached hydrogen (secondary N) is 1. The van der Waals surface area contributed by atoms with Gasteiger partial charge in [-0.05, 0) is 24.6 Å². The normalized spacial score (nSPS) is 10.6. The van der Waals surface area contributed by atoms with Crippen LogP contribution in [0, 0.1) is 6.92 Å². The highest BCUT2D eigenvalue weighted by Crippen LogP contribution is 2.19. The van der Waals surface area contributed by atoms with Gasteiger partial charge in [-0.15, -0.1) is 0 Å². The average molecular weight is 262 g/mol. The van der Waals surface area contributed by atoms with Crippen molar-refractivity contribution in [2.45, 2.75) is 20.0 Å². The third kappa shape index (κ3) is 3.25. The molecule has 2 nitrogen and oxygen atoms in total. The second kappa shape index (κ2) is 5.89. The van der Waals surface area contributed by atoms with Crippen LogP contribution in [0.2, 0.25) is 5.02 Å². The molecule has 3 heteroatoms. The van der Waals surface area contributed by atoms with Gasteiger partial charge in [0, 0.05) is 23.7 Å². The molecule has 0 unspecified atom stereocenters. The summed E-state index contributed by atoms with van der Waals surface area (Å²) < 4.78 is 0. The maximum atomic E-state index is 9.72. The molecule has 0 aliphatic rings. The lowest BCUT2D eigenvalue weighted by atomic mass is 10.1. The third-order valence-electron chi connectivity index (χ3n) is 2.82. The molecule has 0 saturated carbocycles. The lowest BCUT2D eigenvalue weighted by molar-refractivity contribution is 0.464. The highest BCUT2D eigenvalue weighted by Gasteiger charge is 2.02. The minimum Gasteiger partial charge on any atom is -0.508 e. The molecular weight excluding hydrogens is 246 g/mol. The summed E-state index contributed by atoms with van der Waals surface area (Å²) in [4.78, 5) is 0. The van der Waals surface area contributed by atoms with E-state index in [-0.39, 0.29) is 0 Å². The van der Waals surface area contributed by atoms with Gasteiger partial charge in [-0.1, -0.05) is 47.5 Å². The number of benzene rings is 2. The van der Waals surface area contributed by atoms with Crippen LogP contribution in [0.25, 0.3) is 0 Å². The van der Waals surface area contributed by atoms with Gasteiger partial charge >= 0.3 is 0 Å². The van der Waals surface area contributed by atoms with Crippen LogP contribution < -0.4 is 5.32 Å². The molecule has 0 aliphatic carbocycles. The molecule has 0 amide bonds. The molecule has 0 spiro atoms. The maximum absolute atomic E-state index is 9.72. The minimum absolute atomic E-state index is 0.326. The number of rotatable bonds is 4. The molecule has 0 radical (unpaired) electrons. The first kappa shape index (κ1) is 12.9. The molecule has 0 heterocycles. The van der Waals surface area contributed by atoms with Crippen molar-refractivity contribution in [3.05, 3.63) is 64.2 Å². The van der Waals surface area contributed by atoms with Gasteiger partial charge in [0.25, 0.3) is 0 Å². The molecule has 2 rings (SSSR count). The van der Waals surface area contributed by atoms with Crippen LogP contribution in [-0.4, -0.2) is 5.11 Å². The van der Waals surface area contributed by atoms with Crippen molar-refractivity contribution in [3.63, 3.8) is 0 Å². The van der Waals surface area contributed by atoms with Crippen LogP contribution in [0.1, 0.15) is 16.7 Å². The van der Waals surface area contributed by atoms with E-state index in [1.807, 2.05) is 43.3 Å². The predicted molar refractivity (Wildman–Crippen MR) is 74.8 cm³/mol. The van der Waals surface area contributed by atoms with Crippen molar-refractivity contribution in [2.75, 3.05) is 0 Å². The van der Waals surface area contributed by atoms with Crippen LogP contribution in [0.5, 0.6) is 5.75 Å². The summed E-state index contributed by atoms with van der Waals surface area (Å²) >= 11 is 6.07. The van der Waals surface area contributed by atoms with Gasteiger partial charge in [-0.2, -0.15) is 0 Å². The van der Waals surface area contributed by atoms with E-state index in [0.29, 0.717) is 18.8 Å². The number of hydrogen-bond donors (Lipinski definition) is 2. The molecule has 94 valence electrons. The summed E-state index contributed by atoms with van der Waals surface area (Å²) in [7, 11) is 0. The van der Waals surface area contributed by atoms with Gasteiger partial charge < -0.3 is 10.4 Å². The Balaban J connectivity index is 1.96. The Morgan fingerprint density at radius 1 is 1.06 bits per heavy atom. The van der Waals surface area contributed by atoms with E-state index in [0.717, 1.165) is 21.7 Å². The molecule has 0 fully saturated rings. The monoisotopic (exact) mass is 261 g/mol. The fraction of sp³-hybridized carbons (Fsp3) is 0.200. The Morgan fingerprint density at radius 3 is 2.56 bits per heavy atom. The maximum Gasteiger partial charge on any atom is 0.120 e. The SMILES string of the molecule is Cc1ccc(O)c(CNCc2ccccc2Cl)c1. The molecule has 0 aliphatic heterocycles. The van der Waals surface area contributed by atoms with Crippen molar-refractivity contribution in [3.8, 4) is 5.75 Å². The number of hydrogen-bond acceptors (Lipinski definition) is 2. The van der Waals surface area contributed by atoms with E-state index < -0.39 is 0 Å².